The fourth-order valence-corrected chi connectivity index (χ4v) is 3.64. The molecule has 2 aromatic rings. The molecule has 1 aliphatic heterocycles. The molecule has 1 aromatic carbocycles. The van der Waals surface area contributed by atoms with Crippen molar-refractivity contribution >= 4 is 0 Å². The first kappa shape index (κ1) is 20.8. The molecule has 1 saturated heterocycles. The fraction of sp³-hybridized carbons (Fsp3) is 0.591. The number of benzene rings is 1. The van der Waals surface area contributed by atoms with Crippen molar-refractivity contribution in [3.63, 3.8) is 0 Å². The molecule has 1 atom stereocenters. The van der Waals surface area contributed by atoms with Crippen LogP contribution in [0.1, 0.15) is 37.1 Å². The molecular formula is C22H34N4O2. The Kier molecular flexibility index (Phi) is 8.33. The lowest BCUT2D eigenvalue weighted by molar-refractivity contribution is 0.0617. The Bertz CT molecular complexity index is 680. The summed E-state index contributed by atoms with van der Waals surface area (Å²) in [6.07, 6.45) is 8.32. The summed E-state index contributed by atoms with van der Waals surface area (Å²) in [5.74, 6) is 1.88. The van der Waals surface area contributed by atoms with E-state index in [1.807, 2.05) is 31.5 Å². The van der Waals surface area contributed by atoms with Crippen LogP contribution in [0.25, 0.3) is 0 Å². The standard InChI is InChI=1S/C22H34N4O2/c1-19-24-11-15-26(19)14-5-10-23-16-20-6-8-22(9-7-20)28-18-21(27)17-25-12-3-2-4-13-25/h6-9,11,15,21,23,27H,2-5,10,12-14,16-18H2,1H3/t21-/m0/s1. The van der Waals surface area contributed by atoms with Gasteiger partial charge in [-0.25, -0.2) is 4.98 Å². The van der Waals surface area contributed by atoms with Gasteiger partial charge in [-0.15, -0.1) is 0 Å². The topological polar surface area (TPSA) is 62.6 Å². The van der Waals surface area contributed by atoms with Crippen molar-refractivity contribution in [3.8, 4) is 5.75 Å². The summed E-state index contributed by atoms with van der Waals surface area (Å²) in [6.45, 7) is 8.10. The van der Waals surface area contributed by atoms with Crippen LogP contribution in [0, 0.1) is 6.92 Å². The van der Waals surface area contributed by atoms with Gasteiger partial charge in [0.2, 0.25) is 0 Å². The van der Waals surface area contributed by atoms with Gasteiger partial charge in [0, 0.05) is 32.0 Å². The number of β-amino-alcohol motifs (C(OH)–C–C–N with tert-alkyl or cyclic N) is 1. The minimum Gasteiger partial charge on any atom is -0.491 e. The minimum absolute atomic E-state index is 0.349. The molecule has 1 fully saturated rings. The van der Waals surface area contributed by atoms with Gasteiger partial charge in [0.25, 0.3) is 0 Å². The van der Waals surface area contributed by atoms with Crippen molar-refractivity contribution in [1.82, 2.24) is 19.8 Å². The zero-order chi connectivity index (χ0) is 19.6. The largest absolute Gasteiger partial charge is 0.491 e. The maximum Gasteiger partial charge on any atom is 0.119 e. The van der Waals surface area contributed by atoms with Gasteiger partial charge in [0.15, 0.2) is 0 Å². The number of ether oxygens (including phenoxy) is 1. The Morgan fingerprint density at radius 2 is 1.96 bits per heavy atom. The second-order valence-electron chi connectivity index (χ2n) is 7.67. The molecule has 3 rings (SSSR count). The molecule has 1 aromatic heterocycles. The third kappa shape index (κ3) is 6.93. The summed E-state index contributed by atoms with van der Waals surface area (Å²) < 4.78 is 7.93. The molecule has 0 amide bonds. The number of piperidine rings is 1. The average molecular weight is 387 g/mol. The number of nitrogens with one attached hydrogen (secondary N) is 1. The van der Waals surface area contributed by atoms with Gasteiger partial charge in [-0.3, -0.25) is 0 Å². The van der Waals surface area contributed by atoms with Crippen LogP contribution in [0.5, 0.6) is 5.75 Å². The predicted octanol–water partition coefficient (Wildman–Crippen LogP) is 2.60. The molecule has 28 heavy (non-hydrogen) atoms. The van der Waals surface area contributed by atoms with Crippen LogP contribution >= 0.6 is 0 Å². The highest BCUT2D eigenvalue weighted by atomic mass is 16.5. The van der Waals surface area contributed by atoms with E-state index in [1.54, 1.807) is 0 Å². The number of likely N-dealkylation sites (tertiary alicyclic amines) is 1. The van der Waals surface area contributed by atoms with Crippen LogP contribution in [-0.4, -0.2) is 58.4 Å². The third-order valence-electron chi connectivity index (χ3n) is 5.29. The molecule has 6 heteroatoms. The van der Waals surface area contributed by atoms with Gasteiger partial charge in [0.05, 0.1) is 0 Å². The molecule has 0 spiro atoms. The number of imidazole rings is 1. The van der Waals surface area contributed by atoms with Crippen molar-refractivity contribution in [2.75, 3.05) is 32.8 Å². The van der Waals surface area contributed by atoms with E-state index in [-0.39, 0.29) is 0 Å². The minimum atomic E-state index is -0.432. The first-order valence-corrected chi connectivity index (χ1v) is 10.5. The molecule has 0 aliphatic carbocycles. The second kappa shape index (κ2) is 11.2. The van der Waals surface area contributed by atoms with E-state index >= 15 is 0 Å². The van der Waals surface area contributed by atoms with Gasteiger partial charge in [-0.2, -0.15) is 0 Å². The molecule has 154 valence electrons. The summed E-state index contributed by atoms with van der Waals surface area (Å²) in [5.41, 5.74) is 1.24. The SMILES string of the molecule is Cc1nccn1CCCNCc1ccc(OC[C@@H](O)CN2CCCCC2)cc1. The monoisotopic (exact) mass is 386 g/mol. The fourth-order valence-electron chi connectivity index (χ4n) is 3.64. The summed E-state index contributed by atoms with van der Waals surface area (Å²) in [6, 6.07) is 8.14. The molecular weight excluding hydrogens is 352 g/mol. The Morgan fingerprint density at radius 1 is 1.18 bits per heavy atom. The van der Waals surface area contributed by atoms with E-state index in [2.05, 4.69) is 31.9 Å². The van der Waals surface area contributed by atoms with Gasteiger partial charge < -0.3 is 24.6 Å². The highest BCUT2D eigenvalue weighted by Gasteiger charge is 2.15. The van der Waals surface area contributed by atoms with Gasteiger partial charge in [-0.05, 0) is 63.5 Å². The average Bonchev–Trinajstić information content (AvgIpc) is 3.12. The van der Waals surface area contributed by atoms with Crippen LogP contribution < -0.4 is 10.1 Å². The summed E-state index contributed by atoms with van der Waals surface area (Å²) in [5, 5.41) is 13.7. The van der Waals surface area contributed by atoms with Gasteiger partial charge in [0.1, 0.15) is 24.3 Å². The van der Waals surface area contributed by atoms with E-state index < -0.39 is 6.10 Å². The Balaban J connectivity index is 1.29. The van der Waals surface area contributed by atoms with E-state index in [1.165, 1.54) is 24.8 Å². The van der Waals surface area contributed by atoms with Crippen LogP contribution in [0.4, 0.5) is 0 Å². The Morgan fingerprint density at radius 3 is 2.68 bits per heavy atom. The molecule has 2 N–H and O–H groups in total. The number of hydrogen-bond donors (Lipinski definition) is 2. The lowest BCUT2D eigenvalue weighted by Gasteiger charge is -2.28. The first-order chi connectivity index (χ1) is 13.7. The highest BCUT2D eigenvalue weighted by Crippen LogP contribution is 2.13. The van der Waals surface area contributed by atoms with Gasteiger partial charge in [-0.1, -0.05) is 18.6 Å². The molecule has 2 heterocycles. The summed E-state index contributed by atoms with van der Waals surface area (Å²) >= 11 is 0. The van der Waals surface area contributed by atoms with Crippen molar-refractivity contribution in [2.45, 2.75) is 51.8 Å². The highest BCUT2D eigenvalue weighted by molar-refractivity contribution is 5.27. The van der Waals surface area contributed by atoms with E-state index in [0.717, 1.165) is 50.7 Å². The van der Waals surface area contributed by atoms with Crippen LogP contribution in [0.3, 0.4) is 0 Å². The normalized spacial score (nSPS) is 16.2. The number of aryl methyl sites for hydroxylation is 2. The van der Waals surface area contributed by atoms with Gasteiger partial charge >= 0.3 is 0 Å². The predicted molar refractivity (Wildman–Crippen MR) is 112 cm³/mol. The Hall–Kier alpha value is -1.89. The zero-order valence-corrected chi connectivity index (χ0v) is 17.0. The lowest BCUT2D eigenvalue weighted by Crippen LogP contribution is -2.38. The molecule has 0 saturated carbocycles. The van der Waals surface area contributed by atoms with Crippen molar-refractivity contribution in [3.05, 3.63) is 48.0 Å². The first-order valence-electron chi connectivity index (χ1n) is 10.5. The number of nitrogens with zero attached hydrogens (tertiary/aromatic N) is 3. The molecule has 1 aliphatic rings. The maximum atomic E-state index is 10.2. The van der Waals surface area contributed by atoms with E-state index in [4.69, 9.17) is 4.74 Å². The number of aliphatic hydroxyl groups is 1. The van der Waals surface area contributed by atoms with E-state index in [0.29, 0.717) is 13.2 Å². The van der Waals surface area contributed by atoms with Crippen molar-refractivity contribution in [1.29, 1.82) is 0 Å². The van der Waals surface area contributed by atoms with E-state index in [9.17, 15) is 5.11 Å². The Labute approximate surface area is 168 Å². The number of hydrogen-bond acceptors (Lipinski definition) is 5. The van der Waals surface area contributed by atoms with Crippen molar-refractivity contribution < 1.29 is 9.84 Å². The molecule has 0 radical (unpaired) electrons. The van der Waals surface area contributed by atoms with Crippen LogP contribution in [0.15, 0.2) is 36.7 Å². The number of aromatic nitrogens is 2. The molecule has 0 bridgehead atoms. The lowest BCUT2D eigenvalue weighted by atomic mass is 10.1. The van der Waals surface area contributed by atoms with Crippen LogP contribution in [-0.2, 0) is 13.1 Å². The zero-order valence-electron chi connectivity index (χ0n) is 17.0. The quantitative estimate of drug-likeness (QED) is 0.581. The smallest absolute Gasteiger partial charge is 0.119 e. The summed E-state index contributed by atoms with van der Waals surface area (Å²) in [7, 11) is 0. The number of rotatable bonds is 11. The second-order valence-corrected chi connectivity index (χ2v) is 7.67. The summed E-state index contributed by atoms with van der Waals surface area (Å²) in [4.78, 5) is 6.57. The molecule has 0 unspecified atom stereocenters. The third-order valence-corrected chi connectivity index (χ3v) is 5.29. The van der Waals surface area contributed by atoms with Crippen LogP contribution in [0.2, 0.25) is 0 Å². The maximum absolute atomic E-state index is 10.2. The van der Waals surface area contributed by atoms with Crippen molar-refractivity contribution in [2.24, 2.45) is 0 Å². The number of aliphatic hydroxyl groups excluding tert-OH is 1. The molecule has 6 nitrogen and oxygen atoms in total.